The monoisotopic (exact) mass is 274 g/mol. The molecule has 1 heterocycles. The second kappa shape index (κ2) is 5.56. The first-order chi connectivity index (χ1) is 9.50. The number of halogens is 1. The minimum absolute atomic E-state index is 0.116. The summed E-state index contributed by atoms with van der Waals surface area (Å²) >= 11 is 0. The van der Waals surface area contributed by atoms with Gasteiger partial charge >= 0.3 is 0 Å². The van der Waals surface area contributed by atoms with Gasteiger partial charge in [0.05, 0.1) is 28.2 Å². The van der Waals surface area contributed by atoms with E-state index in [9.17, 15) is 19.3 Å². The van der Waals surface area contributed by atoms with Crippen molar-refractivity contribution >= 4 is 11.5 Å². The minimum atomic E-state index is -0.762. The molecule has 2 rings (SSSR count). The van der Waals surface area contributed by atoms with Crippen molar-refractivity contribution in [2.45, 2.75) is 12.8 Å². The summed E-state index contributed by atoms with van der Waals surface area (Å²) in [7, 11) is 0. The first-order valence-corrected chi connectivity index (χ1v) is 5.90. The van der Waals surface area contributed by atoms with Crippen LogP contribution in [0.1, 0.15) is 28.9 Å². The van der Waals surface area contributed by atoms with Crippen LogP contribution in [0, 0.1) is 15.9 Å². The predicted octanol–water partition coefficient (Wildman–Crippen LogP) is 3.12. The molecular weight excluding hydrogens is 263 g/mol. The van der Waals surface area contributed by atoms with Crippen molar-refractivity contribution in [3.05, 3.63) is 69.8 Å². The summed E-state index contributed by atoms with van der Waals surface area (Å²) in [6.07, 6.45) is 1.54. The van der Waals surface area contributed by atoms with Crippen LogP contribution in [-0.2, 0) is 0 Å². The number of Topliss-reactive ketones (excluding diaryl/α,β-unsaturated/α-hetero) is 1. The number of pyridine rings is 1. The van der Waals surface area contributed by atoms with Crippen LogP contribution in [0.4, 0.5) is 10.1 Å². The maximum absolute atomic E-state index is 13.1. The van der Waals surface area contributed by atoms with Crippen LogP contribution in [0.5, 0.6) is 0 Å². The van der Waals surface area contributed by atoms with Crippen molar-refractivity contribution in [3.8, 4) is 0 Å². The van der Waals surface area contributed by atoms with E-state index in [1.807, 2.05) is 0 Å². The van der Waals surface area contributed by atoms with Gasteiger partial charge in [-0.15, -0.1) is 0 Å². The maximum Gasteiger partial charge on any atom is 0.283 e. The van der Waals surface area contributed by atoms with Crippen molar-refractivity contribution in [1.29, 1.82) is 0 Å². The number of carbonyl (C=O) groups excluding carboxylic acids is 1. The summed E-state index contributed by atoms with van der Waals surface area (Å²) in [5, 5.41) is 10.9. The van der Waals surface area contributed by atoms with Crippen LogP contribution in [0.25, 0.3) is 0 Å². The standard InChI is InChI=1S/C14H11FN2O3/c1-9(12-4-2-3-7-16-12)14(18)11-6-5-10(15)8-13(11)17(19)20/h2-9H,1H3. The van der Waals surface area contributed by atoms with Crippen molar-refractivity contribution in [2.24, 2.45) is 0 Å². The van der Waals surface area contributed by atoms with Gasteiger partial charge in [-0.1, -0.05) is 6.07 Å². The van der Waals surface area contributed by atoms with Gasteiger partial charge in [0.25, 0.3) is 5.69 Å². The molecule has 0 N–H and O–H groups in total. The molecule has 1 aromatic carbocycles. The zero-order valence-corrected chi connectivity index (χ0v) is 10.6. The lowest BCUT2D eigenvalue weighted by atomic mass is 9.95. The van der Waals surface area contributed by atoms with Crippen molar-refractivity contribution in [3.63, 3.8) is 0 Å². The second-order valence-corrected chi connectivity index (χ2v) is 4.26. The molecule has 0 amide bonds. The number of nitro groups is 1. The van der Waals surface area contributed by atoms with Gasteiger partial charge in [-0.2, -0.15) is 0 Å². The summed E-state index contributed by atoms with van der Waals surface area (Å²) in [6.45, 7) is 1.61. The predicted molar refractivity (Wildman–Crippen MR) is 70.0 cm³/mol. The third kappa shape index (κ3) is 2.69. The number of nitro benzene ring substituents is 1. The number of nitrogens with zero attached hydrogens (tertiary/aromatic N) is 2. The number of ketones is 1. The Morgan fingerprint density at radius 3 is 2.70 bits per heavy atom. The molecule has 0 saturated heterocycles. The molecule has 0 aliphatic heterocycles. The maximum atomic E-state index is 13.1. The van der Waals surface area contributed by atoms with E-state index >= 15 is 0 Å². The fourth-order valence-electron chi connectivity index (χ4n) is 1.86. The average Bonchev–Trinajstić information content (AvgIpc) is 2.46. The molecule has 0 fully saturated rings. The Kier molecular flexibility index (Phi) is 3.84. The highest BCUT2D eigenvalue weighted by Gasteiger charge is 2.26. The molecule has 0 bridgehead atoms. The molecule has 20 heavy (non-hydrogen) atoms. The van der Waals surface area contributed by atoms with Crippen molar-refractivity contribution in [2.75, 3.05) is 0 Å². The molecule has 1 atom stereocenters. The highest BCUT2D eigenvalue weighted by Crippen LogP contribution is 2.26. The summed E-state index contributed by atoms with van der Waals surface area (Å²) in [5.41, 5.74) is -0.136. The van der Waals surface area contributed by atoms with Crippen LogP contribution in [0.15, 0.2) is 42.6 Å². The lowest BCUT2D eigenvalue weighted by Crippen LogP contribution is -2.13. The normalized spacial score (nSPS) is 11.9. The van der Waals surface area contributed by atoms with Crippen molar-refractivity contribution < 1.29 is 14.1 Å². The molecule has 1 aromatic heterocycles. The Hall–Kier alpha value is -2.63. The first-order valence-electron chi connectivity index (χ1n) is 5.90. The van der Waals surface area contributed by atoms with Gasteiger partial charge in [0, 0.05) is 6.20 Å². The van der Waals surface area contributed by atoms with E-state index in [0.717, 1.165) is 18.2 Å². The highest BCUT2D eigenvalue weighted by atomic mass is 19.1. The van der Waals surface area contributed by atoms with Crippen LogP contribution >= 0.6 is 0 Å². The molecule has 0 aliphatic rings. The third-order valence-corrected chi connectivity index (χ3v) is 2.95. The number of aromatic nitrogens is 1. The molecule has 2 aromatic rings. The molecule has 5 nitrogen and oxygen atoms in total. The van der Waals surface area contributed by atoms with Gasteiger partial charge < -0.3 is 0 Å². The number of hydrogen-bond donors (Lipinski definition) is 0. The fraction of sp³-hybridized carbons (Fsp3) is 0.143. The quantitative estimate of drug-likeness (QED) is 0.488. The summed E-state index contributed by atoms with van der Waals surface area (Å²) in [4.78, 5) is 26.5. The smallest absolute Gasteiger partial charge is 0.283 e. The van der Waals surface area contributed by atoms with E-state index < -0.39 is 28.1 Å². The number of benzene rings is 1. The average molecular weight is 274 g/mol. The SMILES string of the molecule is CC(C(=O)c1ccc(F)cc1[N+](=O)[O-])c1ccccn1. The van der Waals surface area contributed by atoms with E-state index in [1.165, 1.54) is 6.20 Å². The lowest BCUT2D eigenvalue weighted by molar-refractivity contribution is -0.385. The zero-order valence-electron chi connectivity index (χ0n) is 10.6. The Morgan fingerprint density at radius 2 is 2.10 bits per heavy atom. The highest BCUT2D eigenvalue weighted by molar-refractivity contribution is 6.03. The Bertz CT molecular complexity index is 659. The molecule has 0 radical (unpaired) electrons. The van der Waals surface area contributed by atoms with E-state index in [-0.39, 0.29) is 5.56 Å². The molecular formula is C14H11FN2O3. The molecule has 0 spiro atoms. The second-order valence-electron chi connectivity index (χ2n) is 4.26. The summed E-state index contributed by atoms with van der Waals surface area (Å²) in [6, 6.07) is 8.02. The van der Waals surface area contributed by atoms with E-state index in [1.54, 1.807) is 25.1 Å². The van der Waals surface area contributed by atoms with Gasteiger partial charge in [-0.05, 0) is 31.2 Å². The molecule has 0 saturated carbocycles. The van der Waals surface area contributed by atoms with E-state index in [0.29, 0.717) is 5.69 Å². The molecule has 6 heteroatoms. The Morgan fingerprint density at radius 1 is 1.35 bits per heavy atom. The Labute approximate surface area is 114 Å². The number of rotatable bonds is 4. The third-order valence-electron chi connectivity index (χ3n) is 2.95. The van der Waals surface area contributed by atoms with Crippen LogP contribution in [0.3, 0.4) is 0 Å². The van der Waals surface area contributed by atoms with Crippen LogP contribution in [0.2, 0.25) is 0 Å². The number of hydrogen-bond acceptors (Lipinski definition) is 4. The number of carbonyl (C=O) groups is 1. The minimum Gasteiger partial charge on any atom is -0.293 e. The van der Waals surface area contributed by atoms with E-state index in [4.69, 9.17) is 0 Å². The van der Waals surface area contributed by atoms with Gasteiger partial charge in [-0.3, -0.25) is 19.9 Å². The molecule has 1 unspecified atom stereocenters. The fourth-order valence-corrected chi connectivity index (χ4v) is 1.86. The lowest BCUT2D eigenvalue weighted by Gasteiger charge is -2.10. The van der Waals surface area contributed by atoms with Gasteiger partial charge in [-0.25, -0.2) is 4.39 Å². The molecule has 0 aliphatic carbocycles. The topological polar surface area (TPSA) is 73.1 Å². The van der Waals surface area contributed by atoms with Gasteiger partial charge in [0.2, 0.25) is 0 Å². The summed E-state index contributed by atoms with van der Waals surface area (Å²) < 4.78 is 13.1. The largest absolute Gasteiger partial charge is 0.293 e. The van der Waals surface area contributed by atoms with E-state index in [2.05, 4.69) is 4.98 Å². The van der Waals surface area contributed by atoms with Gasteiger partial charge in [0.15, 0.2) is 5.78 Å². The Balaban J connectivity index is 2.41. The summed E-state index contributed by atoms with van der Waals surface area (Å²) in [5.74, 6) is -1.85. The van der Waals surface area contributed by atoms with Crippen LogP contribution < -0.4 is 0 Å². The first kappa shape index (κ1) is 13.8. The van der Waals surface area contributed by atoms with Crippen LogP contribution in [-0.4, -0.2) is 15.7 Å². The van der Waals surface area contributed by atoms with Gasteiger partial charge in [0.1, 0.15) is 5.82 Å². The zero-order chi connectivity index (χ0) is 14.7. The van der Waals surface area contributed by atoms with Crippen molar-refractivity contribution in [1.82, 2.24) is 4.98 Å². The molecule has 102 valence electrons.